The monoisotopic (exact) mass is 348 g/mol. The third kappa shape index (κ3) is 5.59. The molecular formula is C22H36O3. The first-order valence-electron chi connectivity index (χ1n) is 10.7. The maximum Gasteiger partial charge on any atom is 0.169 e. The van der Waals surface area contributed by atoms with Gasteiger partial charge in [0.1, 0.15) is 11.9 Å². The first-order chi connectivity index (χ1) is 12.3. The third-order valence-electron chi connectivity index (χ3n) is 5.84. The number of unbranched alkanes of at least 4 members (excludes halogenated alkanes) is 6. The molecule has 2 aliphatic rings. The molecule has 1 spiro atoms. The molecule has 142 valence electrons. The summed E-state index contributed by atoms with van der Waals surface area (Å²) in [6.45, 7) is 2.28. The van der Waals surface area contributed by atoms with Crippen molar-refractivity contribution in [1.82, 2.24) is 0 Å². The maximum atomic E-state index is 6.52. The molecule has 3 heteroatoms. The highest BCUT2D eigenvalue weighted by Crippen LogP contribution is 2.44. The van der Waals surface area contributed by atoms with Crippen LogP contribution in [0.15, 0.2) is 22.8 Å². The van der Waals surface area contributed by atoms with E-state index in [1.54, 1.807) is 6.26 Å². The van der Waals surface area contributed by atoms with Crippen molar-refractivity contribution < 1.29 is 13.9 Å². The summed E-state index contributed by atoms with van der Waals surface area (Å²) in [5.41, 5.74) is 0. The van der Waals surface area contributed by atoms with Crippen molar-refractivity contribution in [3.8, 4) is 0 Å². The molecule has 0 radical (unpaired) electrons. The SMILES string of the molecule is CCCCCCCCC[C@H]1CCC[C@@]2(CCC[C@H](c3ccco3)O2)O1. The Morgan fingerprint density at radius 2 is 1.72 bits per heavy atom. The zero-order chi connectivity index (χ0) is 17.4. The van der Waals surface area contributed by atoms with Gasteiger partial charge < -0.3 is 13.9 Å². The maximum absolute atomic E-state index is 6.52. The topological polar surface area (TPSA) is 31.6 Å². The Bertz CT molecular complexity index is 466. The molecule has 0 saturated carbocycles. The second kappa shape index (κ2) is 9.78. The van der Waals surface area contributed by atoms with Gasteiger partial charge in [0.25, 0.3) is 0 Å². The van der Waals surface area contributed by atoms with E-state index < -0.39 is 0 Å². The fraction of sp³-hybridized carbons (Fsp3) is 0.818. The Balaban J connectivity index is 1.41. The molecule has 0 amide bonds. The summed E-state index contributed by atoms with van der Waals surface area (Å²) in [5.74, 6) is 0.608. The van der Waals surface area contributed by atoms with Gasteiger partial charge in [-0.1, -0.05) is 51.9 Å². The molecular weight excluding hydrogens is 312 g/mol. The average Bonchev–Trinajstić information content (AvgIpc) is 3.16. The molecule has 3 atom stereocenters. The lowest BCUT2D eigenvalue weighted by Crippen LogP contribution is -2.46. The Labute approximate surface area is 153 Å². The first-order valence-corrected chi connectivity index (χ1v) is 10.7. The van der Waals surface area contributed by atoms with E-state index in [1.165, 1.54) is 64.2 Å². The van der Waals surface area contributed by atoms with E-state index in [-0.39, 0.29) is 11.9 Å². The van der Waals surface area contributed by atoms with Crippen molar-refractivity contribution in [2.24, 2.45) is 0 Å². The number of rotatable bonds is 9. The summed E-state index contributed by atoms with van der Waals surface area (Å²) < 4.78 is 18.5. The normalized spacial score (nSPS) is 30.0. The number of hydrogen-bond donors (Lipinski definition) is 0. The fourth-order valence-corrected chi connectivity index (χ4v) is 4.43. The zero-order valence-corrected chi connectivity index (χ0v) is 16.0. The van der Waals surface area contributed by atoms with Crippen LogP contribution in [0.3, 0.4) is 0 Å². The standard InChI is InChI=1S/C22H36O3/c1-2-3-4-5-6-7-8-12-19-13-9-16-22(24-19)17-10-14-21(25-22)20-15-11-18-23-20/h11,15,18-19,21H,2-10,12-14,16-17H2,1H3/t19-,21+,22+/m0/s1. The molecule has 0 bridgehead atoms. The van der Waals surface area contributed by atoms with E-state index in [9.17, 15) is 0 Å². The summed E-state index contributed by atoms with van der Waals surface area (Å²) >= 11 is 0. The molecule has 0 aliphatic carbocycles. The first kappa shape index (κ1) is 19.0. The van der Waals surface area contributed by atoms with E-state index in [1.807, 2.05) is 12.1 Å². The van der Waals surface area contributed by atoms with Crippen LogP contribution in [0.2, 0.25) is 0 Å². The third-order valence-corrected chi connectivity index (χ3v) is 5.84. The molecule has 3 rings (SSSR count). The van der Waals surface area contributed by atoms with Crippen molar-refractivity contribution in [2.45, 2.75) is 115 Å². The van der Waals surface area contributed by atoms with Gasteiger partial charge in [0.05, 0.1) is 12.4 Å². The van der Waals surface area contributed by atoms with Crippen LogP contribution in [0.1, 0.15) is 109 Å². The van der Waals surface area contributed by atoms with Crippen LogP contribution in [0.4, 0.5) is 0 Å². The number of ether oxygens (including phenoxy) is 2. The Kier molecular flexibility index (Phi) is 7.42. The van der Waals surface area contributed by atoms with E-state index >= 15 is 0 Å². The van der Waals surface area contributed by atoms with Crippen LogP contribution in [-0.4, -0.2) is 11.9 Å². The van der Waals surface area contributed by atoms with Gasteiger partial charge in [-0.15, -0.1) is 0 Å². The molecule has 2 saturated heterocycles. The molecule has 0 N–H and O–H groups in total. The van der Waals surface area contributed by atoms with Gasteiger partial charge in [0.2, 0.25) is 0 Å². The highest BCUT2D eigenvalue weighted by atomic mass is 16.7. The fourth-order valence-electron chi connectivity index (χ4n) is 4.43. The van der Waals surface area contributed by atoms with E-state index in [2.05, 4.69) is 6.92 Å². The predicted octanol–water partition coefficient (Wildman–Crippen LogP) is 6.93. The molecule has 1 aromatic heterocycles. The zero-order valence-electron chi connectivity index (χ0n) is 16.0. The molecule has 3 nitrogen and oxygen atoms in total. The van der Waals surface area contributed by atoms with Crippen LogP contribution in [0.5, 0.6) is 0 Å². The second-order valence-electron chi connectivity index (χ2n) is 7.97. The Morgan fingerprint density at radius 3 is 2.48 bits per heavy atom. The van der Waals surface area contributed by atoms with Crippen LogP contribution in [0, 0.1) is 0 Å². The van der Waals surface area contributed by atoms with Crippen LogP contribution >= 0.6 is 0 Å². The lowest BCUT2D eigenvalue weighted by Gasteiger charge is -2.45. The summed E-state index contributed by atoms with van der Waals surface area (Å²) in [4.78, 5) is 0. The van der Waals surface area contributed by atoms with Crippen molar-refractivity contribution >= 4 is 0 Å². The van der Waals surface area contributed by atoms with Gasteiger partial charge in [-0.25, -0.2) is 0 Å². The van der Waals surface area contributed by atoms with Gasteiger partial charge >= 0.3 is 0 Å². The summed E-state index contributed by atoms with van der Waals surface area (Å²) in [6.07, 6.45) is 19.7. The predicted molar refractivity (Wildman–Crippen MR) is 100 cm³/mol. The van der Waals surface area contributed by atoms with Crippen LogP contribution in [0.25, 0.3) is 0 Å². The molecule has 0 aromatic carbocycles. The van der Waals surface area contributed by atoms with E-state index in [0.29, 0.717) is 6.10 Å². The van der Waals surface area contributed by atoms with Crippen molar-refractivity contribution in [3.63, 3.8) is 0 Å². The highest BCUT2D eigenvalue weighted by Gasteiger charge is 2.43. The second-order valence-corrected chi connectivity index (χ2v) is 7.97. The molecule has 3 heterocycles. The smallest absolute Gasteiger partial charge is 0.169 e. The minimum Gasteiger partial charge on any atom is -0.467 e. The number of hydrogen-bond acceptors (Lipinski definition) is 3. The molecule has 1 aromatic rings. The molecule has 0 unspecified atom stereocenters. The van der Waals surface area contributed by atoms with Crippen LogP contribution in [-0.2, 0) is 9.47 Å². The van der Waals surface area contributed by atoms with E-state index in [4.69, 9.17) is 13.9 Å². The van der Waals surface area contributed by atoms with Crippen molar-refractivity contribution in [2.75, 3.05) is 0 Å². The summed E-state index contributed by atoms with van der Waals surface area (Å²) in [5, 5.41) is 0. The molecule has 25 heavy (non-hydrogen) atoms. The molecule has 2 fully saturated rings. The lowest BCUT2D eigenvalue weighted by molar-refractivity contribution is -0.319. The van der Waals surface area contributed by atoms with Gasteiger partial charge in [-0.3, -0.25) is 0 Å². The van der Waals surface area contributed by atoms with Crippen LogP contribution < -0.4 is 0 Å². The average molecular weight is 349 g/mol. The minimum atomic E-state index is -0.347. The summed E-state index contributed by atoms with van der Waals surface area (Å²) in [6, 6.07) is 3.98. The highest BCUT2D eigenvalue weighted by molar-refractivity contribution is 5.04. The van der Waals surface area contributed by atoms with Crippen molar-refractivity contribution in [3.05, 3.63) is 24.2 Å². The Morgan fingerprint density at radius 1 is 0.960 bits per heavy atom. The van der Waals surface area contributed by atoms with Gasteiger partial charge in [-0.2, -0.15) is 0 Å². The van der Waals surface area contributed by atoms with Crippen molar-refractivity contribution in [1.29, 1.82) is 0 Å². The van der Waals surface area contributed by atoms with Gasteiger partial charge in [-0.05, 0) is 44.2 Å². The Hall–Kier alpha value is -0.800. The van der Waals surface area contributed by atoms with Gasteiger partial charge in [0.15, 0.2) is 5.79 Å². The minimum absolute atomic E-state index is 0.0704. The quantitative estimate of drug-likeness (QED) is 0.453. The number of furan rings is 1. The van der Waals surface area contributed by atoms with Gasteiger partial charge in [0, 0.05) is 12.8 Å². The largest absolute Gasteiger partial charge is 0.467 e. The molecule has 2 aliphatic heterocycles. The lowest BCUT2D eigenvalue weighted by atomic mass is 9.91. The van der Waals surface area contributed by atoms with E-state index in [0.717, 1.165) is 31.4 Å². The summed E-state index contributed by atoms with van der Waals surface area (Å²) in [7, 11) is 0.